The molecule has 2 heterocycles. The van der Waals surface area contributed by atoms with Gasteiger partial charge in [0.15, 0.2) is 11.6 Å². The Labute approximate surface area is 225 Å². The summed E-state index contributed by atoms with van der Waals surface area (Å²) in [6.07, 6.45) is 3.72. The maximum Gasteiger partial charge on any atom is 0.209 e. The summed E-state index contributed by atoms with van der Waals surface area (Å²) in [5, 5.41) is 11.9. The van der Waals surface area contributed by atoms with Crippen molar-refractivity contribution in [2.24, 2.45) is 5.92 Å². The fourth-order valence-corrected chi connectivity index (χ4v) is 4.84. The number of nitrogens with one attached hydrogen (secondary N) is 2. The highest BCUT2D eigenvalue weighted by atomic mass is 32.2. The molecule has 0 saturated heterocycles. The lowest BCUT2D eigenvalue weighted by Gasteiger charge is -2.19. The largest absolute Gasteiger partial charge is 0.491 e. The Bertz CT molecular complexity index is 1300. The molecule has 0 aliphatic carbocycles. The molecular weight excluding hydrogens is 516 g/mol. The summed E-state index contributed by atoms with van der Waals surface area (Å²) in [5.41, 5.74) is 2.29. The summed E-state index contributed by atoms with van der Waals surface area (Å²) in [7, 11) is -1.81. The van der Waals surface area contributed by atoms with Crippen LogP contribution in [0.25, 0.3) is 16.7 Å². The van der Waals surface area contributed by atoms with Gasteiger partial charge in [0.05, 0.1) is 29.9 Å². The van der Waals surface area contributed by atoms with Gasteiger partial charge in [-0.25, -0.2) is 18.1 Å². The maximum absolute atomic E-state index is 12.5. The quantitative estimate of drug-likeness (QED) is 0.272. The number of rotatable bonds is 15. The van der Waals surface area contributed by atoms with Gasteiger partial charge < -0.3 is 14.8 Å². The van der Waals surface area contributed by atoms with Gasteiger partial charge in [0.25, 0.3) is 0 Å². The van der Waals surface area contributed by atoms with Crippen LogP contribution < -0.4 is 14.8 Å². The van der Waals surface area contributed by atoms with Crippen molar-refractivity contribution in [2.45, 2.75) is 52.5 Å². The van der Waals surface area contributed by atoms with Crippen molar-refractivity contribution in [1.82, 2.24) is 24.3 Å². The van der Waals surface area contributed by atoms with Crippen molar-refractivity contribution in [3.63, 3.8) is 0 Å². The average Bonchev–Trinajstić information content (AvgIpc) is 3.20. The summed E-state index contributed by atoms with van der Waals surface area (Å²) in [5.74, 6) is 1.91. The lowest BCUT2D eigenvalue weighted by Crippen LogP contribution is -2.43. The van der Waals surface area contributed by atoms with Crippen LogP contribution in [0.4, 0.5) is 5.82 Å². The molecule has 0 saturated carbocycles. The van der Waals surface area contributed by atoms with E-state index in [1.54, 1.807) is 7.11 Å². The minimum atomic E-state index is -3.44. The molecule has 0 radical (unpaired) electrons. The molecule has 0 bridgehead atoms. The van der Waals surface area contributed by atoms with E-state index < -0.39 is 16.1 Å². The first-order valence-electron chi connectivity index (χ1n) is 12.1. The number of anilines is 1. The zero-order valence-corrected chi connectivity index (χ0v) is 23.9. The summed E-state index contributed by atoms with van der Waals surface area (Å²) in [6.45, 7) is 7.16. The Morgan fingerprint density at radius 1 is 1.14 bits per heavy atom. The second-order valence-corrected chi connectivity index (χ2v) is 11.0. The molecule has 0 aliphatic rings. The van der Waals surface area contributed by atoms with Gasteiger partial charge in [0.1, 0.15) is 18.2 Å². The van der Waals surface area contributed by atoms with Crippen LogP contribution in [0, 0.1) is 12.8 Å². The molecular formula is C24H38N6O5S2. The maximum atomic E-state index is 12.5. The van der Waals surface area contributed by atoms with Crippen LogP contribution in [0.15, 0.2) is 18.2 Å². The third-order valence-corrected chi connectivity index (χ3v) is 6.44. The van der Waals surface area contributed by atoms with E-state index in [2.05, 4.69) is 20.2 Å². The van der Waals surface area contributed by atoms with E-state index in [1.165, 1.54) is 0 Å². The van der Waals surface area contributed by atoms with Crippen LogP contribution >= 0.6 is 13.5 Å². The summed E-state index contributed by atoms with van der Waals surface area (Å²) in [4.78, 5) is 17.3. The number of Topliss-reactive ketones (excluding diaryl/α,β-unsaturated/α-hetero) is 1. The molecule has 11 nitrogen and oxygen atoms in total. The monoisotopic (exact) mass is 554 g/mol. The summed E-state index contributed by atoms with van der Waals surface area (Å²) < 4.78 is 38.3. The molecule has 0 fully saturated rings. The number of aryl methyl sites for hydroxylation is 1. The molecule has 0 spiro atoms. The van der Waals surface area contributed by atoms with Gasteiger partial charge in [-0.2, -0.15) is 13.5 Å². The normalized spacial score (nSPS) is 12.6. The zero-order valence-electron chi connectivity index (χ0n) is 22.1. The fraction of sp³-hybridized carbons (Fsp3) is 0.583. The Hall–Kier alpha value is -2.48. The van der Waals surface area contributed by atoms with Gasteiger partial charge in [-0.3, -0.25) is 9.20 Å². The fourth-order valence-electron chi connectivity index (χ4n) is 3.98. The predicted molar refractivity (Wildman–Crippen MR) is 149 cm³/mol. The molecule has 1 atom stereocenters. The number of carbonyl (C=O) groups excluding carboxylic acids is 1. The van der Waals surface area contributed by atoms with Crippen LogP contribution in [0.2, 0.25) is 0 Å². The first kappa shape index (κ1) is 30.7. The van der Waals surface area contributed by atoms with E-state index in [1.807, 2.05) is 43.4 Å². The molecule has 0 aliphatic heterocycles. The Morgan fingerprint density at radius 3 is 2.57 bits per heavy atom. The molecule has 13 heteroatoms. The number of benzene rings is 1. The number of ether oxygens (including phenoxy) is 2. The van der Waals surface area contributed by atoms with Gasteiger partial charge in [-0.05, 0) is 37.8 Å². The minimum absolute atomic E-state index is 0. The second-order valence-electron chi connectivity index (χ2n) is 9.17. The molecule has 206 valence electrons. The van der Waals surface area contributed by atoms with Gasteiger partial charge in [0.2, 0.25) is 15.7 Å². The van der Waals surface area contributed by atoms with Crippen LogP contribution in [-0.2, 0) is 19.6 Å². The average molecular weight is 555 g/mol. The highest BCUT2D eigenvalue weighted by molar-refractivity contribution is 7.88. The van der Waals surface area contributed by atoms with Crippen molar-refractivity contribution in [3.8, 4) is 5.75 Å². The van der Waals surface area contributed by atoms with E-state index in [4.69, 9.17) is 14.5 Å². The number of nitrogens with zero attached hydrogens (tertiary/aromatic N) is 4. The van der Waals surface area contributed by atoms with Gasteiger partial charge in [-0.15, -0.1) is 10.2 Å². The summed E-state index contributed by atoms with van der Waals surface area (Å²) in [6, 6.07) is 5.03. The topological polar surface area (TPSA) is 137 Å². The van der Waals surface area contributed by atoms with Gasteiger partial charge in [-0.1, -0.05) is 20.3 Å². The molecule has 3 rings (SSSR count). The highest BCUT2D eigenvalue weighted by Crippen LogP contribution is 2.25. The van der Waals surface area contributed by atoms with Crippen molar-refractivity contribution >= 4 is 51.8 Å². The van der Waals surface area contributed by atoms with E-state index in [-0.39, 0.29) is 25.2 Å². The highest BCUT2D eigenvalue weighted by Gasteiger charge is 2.24. The first-order valence-corrected chi connectivity index (χ1v) is 14.0. The van der Waals surface area contributed by atoms with E-state index in [0.29, 0.717) is 49.8 Å². The van der Waals surface area contributed by atoms with E-state index >= 15 is 0 Å². The van der Waals surface area contributed by atoms with Gasteiger partial charge in [0, 0.05) is 26.1 Å². The van der Waals surface area contributed by atoms with Crippen LogP contribution in [-0.4, -0.2) is 72.9 Å². The van der Waals surface area contributed by atoms with Crippen molar-refractivity contribution in [2.75, 3.05) is 38.4 Å². The molecule has 3 aromatic rings. The van der Waals surface area contributed by atoms with Crippen LogP contribution in [0.5, 0.6) is 5.75 Å². The third kappa shape index (κ3) is 8.52. The Morgan fingerprint density at radius 2 is 1.89 bits per heavy atom. The number of methoxy groups -OCH3 is 1. The van der Waals surface area contributed by atoms with Crippen LogP contribution in [0.1, 0.15) is 45.4 Å². The SMILES string of the molecule is COCCOc1ccc2c(c1)nc(NCCCCCC(=O)[C@@H](NS(C)(=O)=O)C(C)C)c1nnc(C)n12.S. The van der Waals surface area contributed by atoms with E-state index in [9.17, 15) is 13.2 Å². The number of sulfonamides is 1. The van der Waals surface area contributed by atoms with Crippen LogP contribution in [0.3, 0.4) is 0 Å². The number of aromatic nitrogens is 4. The number of carbonyl (C=O) groups is 1. The minimum Gasteiger partial charge on any atom is -0.491 e. The van der Waals surface area contributed by atoms with E-state index in [0.717, 1.165) is 36.0 Å². The molecule has 37 heavy (non-hydrogen) atoms. The Balaban J connectivity index is 0.00000481. The molecule has 2 N–H and O–H groups in total. The van der Waals surface area contributed by atoms with Gasteiger partial charge >= 0.3 is 0 Å². The summed E-state index contributed by atoms with van der Waals surface area (Å²) >= 11 is 0. The Kier molecular flexibility index (Phi) is 11.5. The molecule has 2 aromatic heterocycles. The number of unbranched alkanes of at least 4 members (excludes halogenated alkanes) is 2. The number of fused-ring (bicyclic) bond motifs is 3. The number of hydrogen-bond donors (Lipinski definition) is 2. The lowest BCUT2D eigenvalue weighted by molar-refractivity contribution is -0.121. The number of hydrogen-bond acceptors (Lipinski definition) is 9. The number of ketones is 1. The van der Waals surface area contributed by atoms with Crippen molar-refractivity contribution in [1.29, 1.82) is 0 Å². The molecule has 1 aromatic carbocycles. The molecule has 0 amide bonds. The first-order chi connectivity index (χ1) is 17.1. The zero-order chi connectivity index (χ0) is 26.3. The predicted octanol–water partition coefficient (Wildman–Crippen LogP) is 2.84. The standard InChI is InChI=1S/C24H36N6O5S.H2S/c1-16(2)22(29-36(5,32)33)21(31)9-7-6-8-12-25-23-24-28-27-17(3)30(24)20-11-10-18(15-19(20)26-23)35-14-13-34-4;/h10-11,15-16,22,29H,6-9,12-14H2,1-5H3,(H,25,26);1H2/t22-;/m0./s1. The third-order valence-electron chi connectivity index (χ3n) is 5.76. The van der Waals surface area contributed by atoms with Crippen molar-refractivity contribution < 1.29 is 22.7 Å². The van der Waals surface area contributed by atoms with Crippen molar-refractivity contribution in [3.05, 3.63) is 24.0 Å². The lowest BCUT2D eigenvalue weighted by atomic mass is 9.97. The molecule has 0 unspecified atom stereocenters. The smallest absolute Gasteiger partial charge is 0.209 e. The second kappa shape index (κ2) is 13.9.